The summed E-state index contributed by atoms with van der Waals surface area (Å²) in [4.78, 5) is 13.6. The van der Waals surface area contributed by atoms with Gasteiger partial charge in [-0.05, 0) is 12.0 Å². The second-order valence-electron chi connectivity index (χ2n) is 6.86. The van der Waals surface area contributed by atoms with E-state index in [1.54, 1.807) is 0 Å². The van der Waals surface area contributed by atoms with Gasteiger partial charge in [-0.2, -0.15) is 0 Å². The molecule has 3 aromatic rings. The third-order valence-corrected chi connectivity index (χ3v) is 4.78. The van der Waals surface area contributed by atoms with Crippen LogP contribution in [0.15, 0.2) is 91.0 Å². The lowest BCUT2D eigenvalue weighted by Crippen LogP contribution is -3.10. The predicted octanol–water partition coefficient (Wildman–Crippen LogP) is 2.65. The zero-order valence-electron chi connectivity index (χ0n) is 15.8. The molecule has 138 valence electrons. The Kier molecular flexibility index (Phi) is 6.78. The number of likely N-dealkylation sites (N-methyl/N-ethyl adjacent to an activating group) is 1. The lowest BCUT2D eigenvalue weighted by molar-refractivity contribution is -0.898. The van der Waals surface area contributed by atoms with Crippen molar-refractivity contribution in [1.29, 1.82) is 0 Å². The van der Waals surface area contributed by atoms with Gasteiger partial charge in [0.15, 0.2) is 6.54 Å². The normalized spacial score (nSPS) is 11.9. The molecular weight excluding hydrogens is 332 g/mol. The summed E-state index contributed by atoms with van der Waals surface area (Å²) in [6.07, 6.45) is 0.854. The number of nitrogens with one attached hydrogen (secondary N) is 2. The van der Waals surface area contributed by atoms with Crippen LogP contribution in [-0.2, 0) is 11.2 Å². The van der Waals surface area contributed by atoms with E-state index in [0.717, 1.165) is 11.3 Å². The number of rotatable bonds is 8. The van der Waals surface area contributed by atoms with Gasteiger partial charge in [0.05, 0.1) is 7.05 Å². The molecule has 3 heteroatoms. The van der Waals surface area contributed by atoms with Gasteiger partial charge >= 0.3 is 0 Å². The summed E-state index contributed by atoms with van der Waals surface area (Å²) in [7, 11) is 2.08. The first-order chi connectivity index (χ1) is 13.2. The molecule has 0 aliphatic carbocycles. The summed E-state index contributed by atoms with van der Waals surface area (Å²) in [5, 5.41) is 3.06. The molecule has 0 saturated heterocycles. The highest BCUT2D eigenvalue weighted by Gasteiger charge is 2.24. The first kappa shape index (κ1) is 18.9. The highest BCUT2D eigenvalue weighted by Crippen LogP contribution is 2.18. The van der Waals surface area contributed by atoms with Crippen molar-refractivity contribution in [1.82, 2.24) is 5.32 Å². The zero-order valence-corrected chi connectivity index (χ0v) is 15.8. The Morgan fingerprint density at radius 2 is 1.30 bits per heavy atom. The number of hydrogen-bond acceptors (Lipinski definition) is 1. The average Bonchev–Trinajstić information content (AvgIpc) is 2.70. The van der Waals surface area contributed by atoms with Crippen molar-refractivity contribution in [2.24, 2.45) is 0 Å². The van der Waals surface area contributed by atoms with Crippen molar-refractivity contribution >= 4 is 5.91 Å². The van der Waals surface area contributed by atoms with Crippen LogP contribution in [0.5, 0.6) is 0 Å². The fraction of sp³-hybridized carbons (Fsp3) is 0.208. The van der Waals surface area contributed by atoms with Crippen molar-refractivity contribution in [3.05, 3.63) is 108 Å². The molecule has 3 aromatic carbocycles. The van der Waals surface area contributed by atoms with Crippen LogP contribution in [0.2, 0.25) is 0 Å². The van der Waals surface area contributed by atoms with E-state index in [2.05, 4.69) is 73.0 Å². The van der Waals surface area contributed by atoms with Crippen molar-refractivity contribution in [2.75, 3.05) is 20.1 Å². The third-order valence-electron chi connectivity index (χ3n) is 4.78. The minimum atomic E-state index is 0.0836. The highest BCUT2D eigenvalue weighted by atomic mass is 16.2. The molecule has 0 bridgehead atoms. The van der Waals surface area contributed by atoms with Crippen LogP contribution in [-0.4, -0.2) is 26.0 Å². The third kappa shape index (κ3) is 5.53. The SMILES string of the molecule is C[NH+](CC(=O)NCCc1ccccc1)C(c1ccccc1)c1ccccc1. The van der Waals surface area contributed by atoms with E-state index in [1.165, 1.54) is 16.7 Å². The maximum Gasteiger partial charge on any atom is 0.275 e. The summed E-state index contributed by atoms with van der Waals surface area (Å²) in [6, 6.07) is 31.2. The summed E-state index contributed by atoms with van der Waals surface area (Å²) < 4.78 is 0. The maximum absolute atomic E-state index is 12.5. The molecule has 0 aliphatic heterocycles. The van der Waals surface area contributed by atoms with Crippen LogP contribution >= 0.6 is 0 Å². The molecule has 2 N–H and O–H groups in total. The van der Waals surface area contributed by atoms with Gasteiger partial charge in [-0.15, -0.1) is 0 Å². The smallest absolute Gasteiger partial charge is 0.275 e. The Labute approximate surface area is 161 Å². The Morgan fingerprint density at radius 1 is 0.815 bits per heavy atom. The summed E-state index contributed by atoms with van der Waals surface area (Å²) >= 11 is 0. The Morgan fingerprint density at radius 3 is 1.81 bits per heavy atom. The van der Waals surface area contributed by atoms with Gasteiger partial charge in [-0.1, -0.05) is 91.0 Å². The van der Waals surface area contributed by atoms with E-state index < -0.39 is 0 Å². The Balaban J connectivity index is 1.62. The average molecular weight is 359 g/mol. The van der Waals surface area contributed by atoms with Gasteiger partial charge in [-0.3, -0.25) is 4.79 Å². The Hall–Kier alpha value is -2.91. The molecular formula is C24H27N2O+. The molecule has 3 nitrogen and oxygen atoms in total. The molecule has 0 saturated carbocycles. The topological polar surface area (TPSA) is 33.5 Å². The van der Waals surface area contributed by atoms with Crippen molar-refractivity contribution in [3.63, 3.8) is 0 Å². The second-order valence-corrected chi connectivity index (χ2v) is 6.86. The van der Waals surface area contributed by atoms with E-state index in [1.807, 2.05) is 30.3 Å². The second kappa shape index (κ2) is 9.70. The molecule has 27 heavy (non-hydrogen) atoms. The molecule has 0 radical (unpaired) electrons. The van der Waals surface area contributed by atoms with Crippen LogP contribution in [0.4, 0.5) is 0 Å². The summed E-state index contributed by atoms with van der Waals surface area (Å²) in [5.41, 5.74) is 3.68. The Bertz CT molecular complexity index is 779. The first-order valence-corrected chi connectivity index (χ1v) is 9.47. The van der Waals surface area contributed by atoms with E-state index in [9.17, 15) is 4.79 Å². The fourth-order valence-corrected chi connectivity index (χ4v) is 3.46. The van der Waals surface area contributed by atoms with E-state index >= 15 is 0 Å². The predicted molar refractivity (Wildman–Crippen MR) is 110 cm³/mol. The van der Waals surface area contributed by atoms with Crippen LogP contribution in [0.1, 0.15) is 22.7 Å². The fourth-order valence-electron chi connectivity index (χ4n) is 3.46. The number of amides is 1. The van der Waals surface area contributed by atoms with Crippen LogP contribution < -0.4 is 10.2 Å². The van der Waals surface area contributed by atoms with Gasteiger partial charge in [-0.25, -0.2) is 0 Å². The molecule has 0 heterocycles. The highest BCUT2D eigenvalue weighted by molar-refractivity contribution is 5.76. The zero-order chi connectivity index (χ0) is 18.9. The van der Waals surface area contributed by atoms with Gasteiger partial charge in [0, 0.05) is 17.7 Å². The monoisotopic (exact) mass is 359 g/mol. The molecule has 3 rings (SSSR count). The lowest BCUT2D eigenvalue weighted by atomic mass is 9.97. The van der Waals surface area contributed by atoms with Crippen LogP contribution in [0.3, 0.4) is 0 Å². The van der Waals surface area contributed by atoms with Crippen LogP contribution in [0, 0.1) is 0 Å². The largest absolute Gasteiger partial charge is 0.351 e. The number of benzene rings is 3. The minimum Gasteiger partial charge on any atom is -0.351 e. The van der Waals surface area contributed by atoms with Crippen molar-refractivity contribution in [3.8, 4) is 0 Å². The summed E-state index contributed by atoms with van der Waals surface area (Å²) in [5.74, 6) is 0.0836. The van der Waals surface area contributed by atoms with E-state index in [-0.39, 0.29) is 11.9 Å². The quantitative estimate of drug-likeness (QED) is 0.637. The van der Waals surface area contributed by atoms with Gasteiger partial charge in [0.25, 0.3) is 5.91 Å². The molecule has 0 spiro atoms. The number of carbonyl (C=O) groups is 1. The first-order valence-electron chi connectivity index (χ1n) is 9.47. The molecule has 1 atom stereocenters. The molecule has 1 amide bonds. The van der Waals surface area contributed by atoms with Gasteiger partial charge in [0.1, 0.15) is 6.04 Å². The standard InChI is InChI=1S/C24H26N2O/c1-26(19-23(27)25-18-17-20-11-5-2-6-12-20)24(21-13-7-3-8-14-21)22-15-9-4-10-16-22/h2-16,24H,17-19H2,1H3,(H,25,27)/p+1. The number of carbonyl (C=O) groups excluding carboxylic acids is 1. The molecule has 0 aromatic heterocycles. The maximum atomic E-state index is 12.5. The number of hydrogen-bond donors (Lipinski definition) is 2. The lowest BCUT2D eigenvalue weighted by Gasteiger charge is -2.25. The van der Waals surface area contributed by atoms with Crippen molar-refractivity contribution in [2.45, 2.75) is 12.5 Å². The van der Waals surface area contributed by atoms with Crippen molar-refractivity contribution < 1.29 is 9.69 Å². The number of quaternary nitrogens is 1. The van der Waals surface area contributed by atoms with E-state index in [4.69, 9.17) is 0 Å². The van der Waals surface area contributed by atoms with Gasteiger partial charge < -0.3 is 10.2 Å². The molecule has 1 unspecified atom stereocenters. The molecule has 0 aliphatic rings. The molecule has 0 fully saturated rings. The summed E-state index contributed by atoms with van der Waals surface area (Å²) in [6.45, 7) is 1.10. The van der Waals surface area contributed by atoms with Gasteiger partial charge in [0.2, 0.25) is 0 Å². The minimum absolute atomic E-state index is 0.0836. The van der Waals surface area contributed by atoms with Crippen LogP contribution in [0.25, 0.3) is 0 Å². The van der Waals surface area contributed by atoms with E-state index in [0.29, 0.717) is 13.1 Å².